The molecule has 0 spiro atoms. The van der Waals surface area contributed by atoms with Crippen LogP contribution < -0.4 is 5.56 Å². The van der Waals surface area contributed by atoms with Crippen LogP contribution in [0, 0.1) is 0 Å². The SMILES string of the molecule is O=c1[nH]c(-c2ccccc2)cc(-c2ccco2)c1-c1ccccc1. The van der Waals surface area contributed by atoms with Gasteiger partial charge in [-0.3, -0.25) is 4.79 Å². The first-order valence-electron chi connectivity index (χ1n) is 7.75. The fraction of sp³-hybridized carbons (Fsp3) is 0. The van der Waals surface area contributed by atoms with Gasteiger partial charge in [0, 0.05) is 11.3 Å². The van der Waals surface area contributed by atoms with Crippen molar-refractivity contribution < 1.29 is 4.42 Å². The van der Waals surface area contributed by atoms with Crippen LogP contribution in [0.4, 0.5) is 0 Å². The van der Waals surface area contributed by atoms with E-state index in [-0.39, 0.29) is 5.56 Å². The zero-order valence-corrected chi connectivity index (χ0v) is 12.9. The first-order valence-corrected chi connectivity index (χ1v) is 7.75. The Balaban J connectivity index is 2.00. The van der Waals surface area contributed by atoms with Crippen LogP contribution in [-0.4, -0.2) is 4.98 Å². The van der Waals surface area contributed by atoms with E-state index in [1.54, 1.807) is 6.26 Å². The second-order valence-electron chi connectivity index (χ2n) is 5.51. The number of aromatic amines is 1. The standard InChI is InChI=1S/C21H15NO2/c23-21-20(16-10-5-2-6-11-16)17(19-12-7-13-24-19)14-18(22-21)15-8-3-1-4-9-15/h1-14H,(H,22,23). The molecule has 116 valence electrons. The Morgan fingerprint density at radius 1 is 0.750 bits per heavy atom. The van der Waals surface area contributed by atoms with E-state index in [1.807, 2.05) is 78.9 Å². The molecule has 3 nitrogen and oxygen atoms in total. The Hall–Kier alpha value is -3.33. The van der Waals surface area contributed by atoms with Crippen LogP contribution in [0.25, 0.3) is 33.7 Å². The van der Waals surface area contributed by atoms with E-state index in [1.165, 1.54) is 0 Å². The van der Waals surface area contributed by atoms with Crippen LogP contribution in [0.15, 0.2) is 94.3 Å². The third-order valence-corrected chi connectivity index (χ3v) is 3.97. The summed E-state index contributed by atoms with van der Waals surface area (Å²) in [4.78, 5) is 15.8. The summed E-state index contributed by atoms with van der Waals surface area (Å²) in [6.07, 6.45) is 1.62. The summed E-state index contributed by atoms with van der Waals surface area (Å²) in [6, 6.07) is 25.1. The van der Waals surface area contributed by atoms with Crippen molar-refractivity contribution in [2.45, 2.75) is 0 Å². The van der Waals surface area contributed by atoms with Crippen LogP contribution in [0.5, 0.6) is 0 Å². The van der Waals surface area contributed by atoms with Gasteiger partial charge < -0.3 is 9.40 Å². The van der Waals surface area contributed by atoms with Gasteiger partial charge in [-0.05, 0) is 29.3 Å². The van der Waals surface area contributed by atoms with Gasteiger partial charge in [0.2, 0.25) is 0 Å². The zero-order valence-electron chi connectivity index (χ0n) is 12.9. The third kappa shape index (κ3) is 2.57. The van der Waals surface area contributed by atoms with E-state index in [0.717, 1.165) is 22.4 Å². The number of nitrogens with one attached hydrogen (secondary N) is 1. The minimum atomic E-state index is -0.131. The highest BCUT2D eigenvalue weighted by molar-refractivity contribution is 5.83. The first-order chi connectivity index (χ1) is 11.8. The van der Waals surface area contributed by atoms with Gasteiger partial charge in [0.15, 0.2) is 0 Å². The molecule has 0 radical (unpaired) electrons. The second-order valence-corrected chi connectivity index (χ2v) is 5.51. The molecule has 1 N–H and O–H groups in total. The van der Waals surface area contributed by atoms with Crippen molar-refractivity contribution in [3.05, 3.63) is 95.5 Å². The molecule has 4 rings (SSSR count). The average Bonchev–Trinajstić information content (AvgIpc) is 3.17. The molecule has 0 saturated carbocycles. The van der Waals surface area contributed by atoms with Gasteiger partial charge in [-0.15, -0.1) is 0 Å². The van der Waals surface area contributed by atoms with Crippen molar-refractivity contribution in [3.8, 4) is 33.7 Å². The number of H-pyrrole nitrogens is 1. The van der Waals surface area contributed by atoms with E-state index < -0.39 is 0 Å². The van der Waals surface area contributed by atoms with E-state index in [0.29, 0.717) is 11.3 Å². The molecule has 0 unspecified atom stereocenters. The largest absolute Gasteiger partial charge is 0.464 e. The summed E-state index contributed by atoms with van der Waals surface area (Å²) < 4.78 is 5.57. The summed E-state index contributed by atoms with van der Waals surface area (Å²) in [5.74, 6) is 0.678. The molecule has 0 bridgehead atoms. The van der Waals surface area contributed by atoms with Gasteiger partial charge in [-0.1, -0.05) is 60.7 Å². The number of aromatic nitrogens is 1. The molecule has 0 saturated heterocycles. The topological polar surface area (TPSA) is 46.0 Å². The number of rotatable bonds is 3. The molecule has 2 heterocycles. The van der Waals surface area contributed by atoms with Gasteiger partial charge in [0.25, 0.3) is 5.56 Å². The first kappa shape index (κ1) is 14.3. The lowest BCUT2D eigenvalue weighted by Crippen LogP contribution is -2.11. The molecule has 2 aromatic carbocycles. The molecule has 4 aromatic rings. The van der Waals surface area contributed by atoms with Crippen molar-refractivity contribution in [3.63, 3.8) is 0 Å². The highest BCUT2D eigenvalue weighted by atomic mass is 16.3. The second kappa shape index (κ2) is 6.05. The van der Waals surface area contributed by atoms with Crippen LogP contribution in [-0.2, 0) is 0 Å². The minimum absolute atomic E-state index is 0.131. The Labute approximate surface area is 139 Å². The summed E-state index contributed by atoms with van der Waals surface area (Å²) in [7, 11) is 0. The number of pyridine rings is 1. The third-order valence-electron chi connectivity index (χ3n) is 3.97. The van der Waals surface area contributed by atoms with Crippen molar-refractivity contribution in [2.75, 3.05) is 0 Å². The fourth-order valence-electron chi connectivity index (χ4n) is 2.85. The Morgan fingerprint density at radius 3 is 2.04 bits per heavy atom. The molecule has 2 aromatic heterocycles. The van der Waals surface area contributed by atoms with Gasteiger partial charge in [-0.25, -0.2) is 0 Å². The molecular weight excluding hydrogens is 298 g/mol. The van der Waals surface area contributed by atoms with Crippen molar-refractivity contribution >= 4 is 0 Å². The molecule has 24 heavy (non-hydrogen) atoms. The van der Waals surface area contributed by atoms with Crippen LogP contribution in [0.2, 0.25) is 0 Å². The maximum absolute atomic E-state index is 12.8. The van der Waals surface area contributed by atoms with Crippen molar-refractivity contribution in [1.82, 2.24) is 4.98 Å². The average molecular weight is 313 g/mol. The number of benzene rings is 2. The maximum Gasteiger partial charge on any atom is 0.257 e. The molecular formula is C21H15NO2. The quantitative estimate of drug-likeness (QED) is 0.580. The highest BCUT2D eigenvalue weighted by Crippen LogP contribution is 2.32. The van der Waals surface area contributed by atoms with Crippen LogP contribution in [0.1, 0.15) is 0 Å². The molecule has 0 amide bonds. The van der Waals surface area contributed by atoms with E-state index in [2.05, 4.69) is 4.98 Å². The van der Waals surface area contributed by atoms with Gasteiger partial charge in [0.1, 0.15) is 5.76 Å². The van der Waals surface area contributed by atoms with Crippen LogP contribution in [0.3, 0.4) is 0 Å². The summed E-state index contributed by atoms with van der Waals surface area (Å²) in [6.45, 7) is 0. The lowest BCUT2D eigenvalue weighted by atomic mass is 9.98. The maximum atomic E-state index is 12.8. The smallest absolute Gasteiger partial charge is 0.257 e. The van der Waals surface area contributed by atoms with Gasteiger partial charge in [-0.2, -0.15) is 0 Å². The molecule has 0 aliphatic rings. The van der Waals surface area contributed by atoms with E-state index in [4.69, 9.17) is 4.42 Å². The molecule has 0 fully saturated rings. The van der Waals surface area contributed by atoms with Gasteiger partial charge in [0.05, 0.1) is 11.8 Å². The number of furan rings is 1. The highest BCUT2D eigenvalue weighted by Gasteiger charge is 2.15. The Bertz CT molecular complexity index is 1000. The van der Waals surface area contributed by atoms with Crippen molar-refractivity contribution in [2.24, 2.45) is 0 Å². The summed E-state index contributed by atoms with van der Waals surface area (Å²) >= 11 is 0. The normalized spacial score (nSPS) is 10.7. The van der Waals surface area contributed by atoms with Crippen LogP contribution >= 0.6 is 0 Å². The monoisotopic (exact) mass is 313 g/mol. The molecule has 0 aliphatic carbocycles. The van der Waals surface area contributed by atoms with Gasteiger partial charge >= 0.3 is 0 Å². The molecule has 0 atom stereocenters. The fourth-order valence-corrected chi connectivity index (χ4v) is 2.85. The predicted molar refractivity (Wildman–Crippen MR) is 95.6 cm³/mol. The predicted octanol–water partition coefficient (Wildman–Crippen LogP) is 4.97. The molecule has 0 aliphatic heterocycles. The Kier molecular flexibility index (Phi) is 3.60. The summed E-state index contributed by atoms with van der Waals surface area (Å²) in [5.41, 5.74) is 3.87. The van der Waals surface area contributed by atoms with Crippen molar-refractivity contribution in [1.29, 1.82) is 0 Å². The summed E-state index contributed by atoms with van der Waals surface area (Å²) in [5, 5.41) is 0. The molecule has 3 heteroatoms. The lowest BCUT2D eigenvalue weighted by Gasteiger charge is -2.10. The minimum Gasteiger partial charge on any atom is -0.464 e. The lowest BCUT2D eigenvalue weighted by molar-refractivity contribution is 0.582. The number of hydrogen-bond acceptors (Lipinski definition) is 2. The number of hydrogen-bond donors (Lipinski definition) is 1. The van der Waals surface area contributed by atoms with E-state index >= 15 is 0 Å². The zero-order chi connectivity index (χ0) is 16.4. The van der Waals surface area contributed by atoms with E-state index in [9.17, 15) is 4.79 Å². The Morgan fingerprint density at radius 2 is 1.42 bits per heavy atom.